The molecule has 0 aliphatic carbocycles. The fourth-order valence-electron chi connectivity index (χ4n) is 12.0. The second kappa shape index (κ2) is 42.0. The molecule has 0 spiro atoms. The first-order valence-electron chi connectivity index (χ1n) is 36.6. The van der Waals surface area contributed by atoms with E-state index in [4.69, 9.17) is 34.2 Å². The summed E-state index contributed by atoms with van der Waals surface area (Å²) in [6.07, 6.45) is 6.00. The third kappa shape index (κ3) is 25.1. The van der Waals surface area contributed by atoms with Gasteiger partial charge in [0.25, 0.3) is 6.47 Å². The number of ether oxygens (including phenoxy) is 7. The Morgan fingerprint density at radius 3 is 0.929 bits per heavy atom. The number of aromatic nitrogens is 6. The van der Waals surface area contributed by atoms with E-state index in [2.05, 4.69) is 31.8 Å². The van der Waals surface area contributed by atoms with Crippen molar-refractivity contribution in [2.24, 2.45) is 26.9 Å². The van der Waals surface area contributed by atoms with Crippen LogP contribution < -0.4 is 19.9 Å². The van der Waals surface area contributed by atoms with Crippen LogP contribution in [0.15, 0.2) is 142 Å². The molecule has 112 heavy (non-hydrogen) atoms. The van der Waals surface area contributed by atoms with Gasteiger partial charge in [0.2, 0.25) is 30.1 Å². The molecule has 3 heterocycles. The SMILES string of the molecule is COc1cc(C)c(S(=O)(=O)N(C)CCOC(C)C(=O)CCc2ccc(-c3cn(C)c(C)n3)cc2)c(C)c1.COc1cc(C)c(S(=O)(=O)N(C)CCOC(C)C(=O)CCc2ccc(-c3cn(C)c(C)n3)cc2)c(C)c1.COc1cc(C)c(S(=O)(=O)N(C)CCOC(C)OC=O)c(C)c1.Cc1nc(-c2ccc(CN)cc2)cn1C. The van der Waals surface area contributed by atoms with Gasteiger partial charge in [-0.3, -0.25) is 14.4 Å². The molecule has 0 aliphatic rings. The number of methoxy groups -OCH3 is 3. The van der Waals surface area contributed by atoms with Gasteiger partial charge in [-0.15, -0.1) is 0 Å². The lowest BCUT2D eigenvalue weighted by molar-refractivity contribution is -0.159. The Morgan fingerprint density at radius 2 is 0.696 bits per heavy atom. The molecule has 0 bridgehead atoms. The number of aryl methyl sites for hydroxylation is 14. The number of benzene rings is 6. The van der Waals surface area contributed by atoms with Crippen LogP contribution in [0.25, 0.3) is 33.8 Å². The molecule has 3 atom stereocenters. The number of likely N-dealkylation sites (N-methyl/N-ethyl adjacent to an activating group) is 3. The number of carbonyl (C=O) groups excluding carboxylic acids is 3. The molecule has 0 radical (unpaired) electrons. The topological polar surface area (TPSA) is 307 Å². The average molecular weight is 1600 g/mol. The van der Waals surface area contributed by atoms with Crippen LogP contribution in [0.1, 0.15) is 101 Å². The lowest BCUT2D eigenvalue weighted by Crippen LogP contribution is -2.33. The lowest BCUT2D eigenvalue weighted by atomic mass is 10.0. The van der Waals surface area contributed by atoms with Crippen molar-refractivity contribution in [3.05, 3.63) is 195 Å². The summed E-state index contributed by atoms with van der Waals surface area (Å²) in [5.41, 5.74) is 18.6. The van der Waals surface area contributed by atoms with Crippen molar-refractivity contribution in [3.63, 3.8) is 0 Å². The summed E-state index contributed by atoms with van der Waals surface area (Å²) < 4.78 is 124. The summed E-state index contributed by atoms with van der Waals surface area (Å²) in [6.45, 7) is 23.0. The van der Waals surface area contributed by atoms with Crippen molar-refractivity contribution in [1.82, 2.24) is 41.6 Å². The van der Waals surface area contributed by atoms with E-state index in [0.717, 1.165) is 67.9 Å². The highest BCUT2D eigenvalue weighted by Crippen LogP contribution is 2.32. The van der Waals surface area contributed by atoms with E-state index in [0.29, 0.717) is 82.9 Å². The molecule has 9 rings (SSSR count). The maximum atomic E-state index is 13.1. The number of hydrogen-bond donors (Lipinski definition) is 1. The number of sulfonamides is 3. The van der Waals surface area contributed by atoms with Gasteiger partial charge in [-0.1, -0.05) is 72.8 Å². The van der Waals surface area contributed by atoms with E-state index in [1.165, 1.54) is 41.2 Å². The highest BCUT2D eigenvalue weighted by Gasteiger charge is 2.29. The van der Waals surface area contributed by atoms with Crippen molar-refractivity contribution < 1.29 is 72.8 Å². The Bertz CT molecular complexity index is 4650. The zero-order chi connectivity index (χ0) is 83.1. The Labute approximate surface area is 662 Å². The summed E-state index contributed by atoms with van der Waals surface area (Å²) in [7, 11) is 4.02. The van der Waals surface area contributed by atoms with E-state index in [1.54, 1.807) is 113 Å². The van der Waals surface area contributed by atoms with Crippen LogP contribution in [0.2, 0.25) is 0 Å². The fraction of sp³-hybridized carbons (Fsp3) is 0.422. The van der Waals surface area contributed by atoms with Gasteiger partial charge in [0.15, 0.2) is 17.9 Å². The molecule has 0 amide bonds. The predicted octanol–water partition coefficient (Wildman–Crippen LogP) is 11.8. The number of nitrogens with two attached hydrogens (primary N) is 1. The number of imidazole rings is 3. The van der Waals surface area contributed by atoms with E-state index >= 15 is 0 Å². The van der Waals surface area contributed by atoms with Gasteiger partial charge >= 0.3 is 0 Å². The van der Waals surface area contributed by atoms with E-state index in [9.17, 15) is 39.6 Å². The van der Waals surface area contributed by atoms with Crippen LogP contribution in [0.4, 0.5) is 0 Å². The first-order chi connectivity index (χ1) is 52.8. The van der Waals surface area contributed by atoms with Crippen molar-refractivity contribution >= 4 is 48.1 Å². The second-order valence-corrected chi connectivity index (χ2v) is 33.5. The standard InChI is InChI=1S/2C28H37N3O5S.C15H23NO6S.C12H15N3/c2*1-19-16-25(35-7)17-20(2)28(19)37(33,34)31(6)14-15-36-21(3)27(32)13-10-23-8-11-24(12-9-23)26-18-30(5)22(4)29-26;1-11-8-14(20-5)9-12(2)15(11)23(18,19)16(4)6-7-21-13(3)22-10-17;1-9-14-12(8-15(9)2)11-5-3-10(7-13)4-6-11/h2*8-9,11-12,16-18,21H,10,13-15H2,1-7H3;8-10,13H,6-7H2,1-5H3;3-6,8H,7,13H2,1-2H3. The maximum Gasteiger partial charge on any atom is 0.295 e. The van der Waals surface area contributed by atoms with Crippen LogP contribution in [0, 0.1) is 62.3 Å². The third-order valence-electron chi connectivity index (χ3n) is 19.1. The van der Waals surface area contributed by atoms with Gasteiger partial charge < -0.3 is 52.6 Å². The van der Waals surface area contributed by atoms with Crippen molar-refractivity contribution in [1.29, 1.82) is 0 Å². The number of hydrogen-bond acceptors (Lipinski definition) is 20. The van der Waals surface area contributed by atoms with Gasteiger partial charge in [-0.25, -0.2) is 40.2 Å². The van der Waals surface area contributed by atoms with Crippen LogP contribution in [0.3, 0.4) is 0 Å². The second-order valence-electron chi connectivity index (χ2n) is 27.5. The van der Waals surface area contributed by atoms with Gasteiger partial charge in [0, 0.05) is 117 Å². The fourth-order valence-corrected chi connectivity index (χ4v) is 16.7. The molecule has 3 aromatic heterocycles. The van der Waals surface area contributed by atoms with Crippen molar-refractivity contribution in [3.8, 4) is 51.0 Å². The molecule has 608 valence electrons. The monoisotopic (exact) mass is 1600 g/mol. The summed E-state index contributed by atoms with van der Waals surface area (Å²) in [5, 5.41) is 0. The van der Waals surface area contributed by atoms with Gasteiger partial charge in [0.1, 0.15) is 46.9 Å². The largest absolute Gasteiger partial charge is 0.497 e. The maximum absolute atomic E-state index is 13.1. The number of Topliss-reactive ketones (excluding diaryl/α,β-unsaturated/α-hetero) is 2. The number of nitrogens with zero attached hydrogens (tertiary/aromatic N) is 9. The summed E-state index contributed by atoms with van der Waals surface area (Å²) in [5.74, 6) is 4.74. The molecule has 0 saturated carbocycles. The Hall–Kier alpha value is -9.27. The zero-order valence-corrected chi connectivity index (χ0v) is 71.0. The Kier molecular flexibility index (Phi) is 34.4. The molecule has 29 heteroatoms. The first kappa shape index (κ1) is 91.6. The van der Waals surface area contributed by atoms with Gasteiger partial charge in [0.05, 0.1) is 72.9 Å². The molecular formula is C83H112N10O16S3. The van der Waals surface area contributed by atoms with Crippen molar-refractivity contribution in [2.75, 3.05) is 81.9 Å². The molecule has 9 aromatic rings. The van der Waals surface area contributed by atoms with E-state index in [-0.39, 0.29) is 72.2 Å². The van der Waals surface area contributed by atoms with Crippen molar-refractivity contribution in [2.45, 2.75) is 148 Å². The minimum atomic E-state index is -3.71. The first-order valence-corrected chi connectivity index (χ1v) is 41.0. The summed E-state index contributed by atoms with van der Waals surface area (Å²) in [6, 6.07) is 34.5. The minimum absolute atomic E-state index is 0.0169. The zero-order valence-electron chi connectivity index (χ0n) is 68.6. The molecule has 26 nitrogen and oxygen atoms in total. The highest BCUT2D eigenvalue weighted by atomic mass is 32.2. The number of ketones is 2. The molecule has 6 aromatic carbocycles. The smallest absolute Gasteiger partial charge is 0.295 e. The number of rotatable bonds is 35. The lowest BCUT2D eigenvalue weighted by Gasteiger charge is -2.21. The van der Waals surface area contributed by atoms with Gasteiger partial charge in [-0.2, -0.15) is 12.9 Å². The highest BCUT2D eigenvalue weighted by molar-refractivity contribution is 7.89. The average Bonchev–Trinajstić information content (AvgIpc) is 1.10. The summed E-state index contributed by atoms with van der Waals surface area (Å²) >= 11 is 0. The van der Waals surface area contributed by atoms with E-state index in [1.807, 2.05) is 135 Å². The van der Waals surface area contributed by atoms with E-state index < -0.39 is 48.6 Å². The third-order valence-corrected chi connectivity index (χ3v) is 25.6. The summed E-state index contributed by atoms with van der Waals surface area (Å²) in [4.78, 5) is 49.7. The molecule has 0 saturated heterocycles. The van der Waals surface area contributed by atoms with Crippen LogP contribution >= 0.6 is 0 Å². The molecule has 0 aliphatic heterocycles. The normalized spacial score (nSPS) is 12.4. The van der Waals surface area contributed by atoms with Gasteiger partial charge in [-0.05, 0) is 182 Å². The molecule has 3 unspecified atom stereocenters. The molecule has 2 N–H and O–H groups in total. The predicted molar refractivity (Wildman–Crippen MR) is 435 cm³/mol. The Balaban J connectivity index is 0.000000245. The van der Waals surface area contributed by atoms with Crippen LogP contribution in [-0.2, 0) is 104 Å². The molecule has 0 fully saturated rings. The van der Waals surface area contributed by atoms with Crippen LogP contribution in [-0.4, -0.2) is 185 Å². The number of carbonyl (C=O) groups is 3. The quantitative estimate of drug-likeness (QED) is 0.0285. The van der Waals surface area contributed by atoms with Crippen LogP contribution in [0.5, 0.6) is 17.2 Å². The molecular weight excluding hydrogens is 1490 g/mol. The minimum Gasteiger partial charge on any atom is -0.497 e. The Morgan fingerprint density at radius 1 is 0.438 bits per heavy atom.